The molecule has 0 spiro atoms. The third-order valence-corrected chi connectivity index (χ3v) is 3.70. The summed E-state index contributed by atoms with van der Waals surface area (Å²) in [6.45, 7) is 0. The highest BCUT2D eigenvalue weighted by Gasteiger charge is 2.34. The van der Waals surface area contributed by atoms with Gasteiger partial charge >= 0.3 is 5.97 Å². The Balaban J connectivity index is 2.31. The van der Waals surface area contributed by atoms with E-state index < -0.39 is 34.4 Å². The molecule has 20 heavy (non-hydrogen) atoms. The highest BCUT2D eigenvalue weighted by molar-refractivity contribution is 6.31. The van der Waals surface area contributed by atoms with Crippen LogP contribution in [0.25, 0.3) is 0 Å². The molecule has 0 bridgehead atoms. The van der Waals surface area contributed by atoms with Gasteiger partial charge in [0.25, 0.3) is 5.69 Å². The molecule has 0 aromatic heterocycles. The average molecular weight is 303 g/mol. The van der Waals surface area contributed by atoms with Gasteiger partial charge in [0.05, 0.1) is 21.9 Å². The Bertz CT molecular complexity index is 567. The number of anilines is 1. The summed E-state index contributed by atoms with van der Waals surface area (Å²) in [7, 11) is 0. The topological polar surface area (TPSA) is 92.5 Å². The summed E-state index contributed by atoms with van der Waals surface area (Å²) in [5.74, 6) is -2.44. The molecule has 8 heteroatoms. The number of benzene rings is 1. The second-order valence-electron chi connectivity index (χ2n) is 4.67. The zero-order valence-corrected chi connectivity index (χ0v) is 11.1. The van der Waals surface area contributed by atoms with Crippen molar-refractivity contribution in [3.05, 3.63) is 33.1 Å². The first-order valence-corrected chi connectivity index (χ1v) is 6.40. The van der Waals surface area contributed by atoms with E-state index in [0.717, 1.165) is 18.6 Å². The van der Waals surface area contributed by atoms with Crippen molar-refractivity contribution in [3.8, 4) is 0 Å². The number of aliphatic carboxylic acids is 1. The van der Waals surface area contributed by atoms with Crippen LogP contribution >= 0.6 is 11.6 Å². The van der Waals surface area contributed by atoms with Crippen LogP contribution in [0.15, 0.2) is 12.1 Å². The minimum Gasteiger partial charge on any atom is -0.481 e. The third-order valence-electron chi connectivity index (χ3n) is 3.41. The molecular formula is C12H12ClFN2O4. The van der Waals surface area contributed by atoms with Crippen LogP contribution in [0.2, 0.25) is 5.02 Å². The van der Waals surface area contributed by atoms with E-state index in [-0.39, 0.29) is 10.7 Å². The molecule has 1 fully saturated rings. The molecule has 0 radical (unpaired) electrons. The molecule has 1 aliphatic carbocycles. The zero-order valence-electron chi connectivity index (χ0n) is 10.3. The number of hydrogen-bond donors (Lipinski definition) is 2. The molecule has 0 saturated heterocycles. The molecule has 0 heterocycles. The lowest BCUT2D eigenvalue weighted by atomic mass is 10.0. The first kappa shape index (κ1) is 14.5. The first-order chi connectivity index (χ1) is 9.40. The molecule has 2 atom stereocenters. The molecule has 2 rings (SSSR count). The van der Waals surface area contributed by atoms with Crippen LogP contribution in [0, 0.1) is 21.8 Å². The fraction of sp³-hybridized carbons (Fsp3) is 0.417. The van der Waals surface area contributed by atoms with Gasteiger partial charge in [-0.15, -0.1) is 0 Å². The predicted octanol–water partition coefficient (Wildman–Crippen LogP) is 3.05. The van der Waals surface area contributed by atoms with E-state index in [4.69, 9.17) is 16.7 Å². The summed E-state index contributed by atoms with van der Waals surface area (Å²) < 4.78 is 13.3. The highest BCUT2D eigenvalue weighted by atomic mass is 35.5. The van der Waals surface area contributed by atoms with Gasteiger partial charge in [-0.05, 0) is 18.9 Å². The average Bonchev–Trinajstić information content (AvgIpc) is 2.81. The smallest absolute Gasteiger partial charge is 0.308 e. The van der Waals surface area contributed by atoms with E-state index in [0.29, 0.717) is 12.8 Å². The summed E-state index contributed by atoms with van der Waals surface area (Å²) in [6, 6.07) is 1.43. The number of carboxylic acid groups (broad SMARTS) is 1. The molecule has 0 aliphatic heterocycles. The van der Waals surface area contributed by atoms with Gasteiger partial charge in [0.15, 0.2) is 0 Å². The number of nitro groups is 1. The quantitative estimate of drug-likeness (QED) is 0.658. The van der Waals surface area contributed by atoms with Crippen molar-refractivity contribution in [1.29, 1.82) is 0 Å². The lowest BCUT2D eigenvalue weighted by Crippen LogP contribution is -2.30. The van der Waals surface area contributed by atoms with Crippen LogP contribution in [0.4, 0.5) is 15.8 Å². The Morgan fingerprint density at radius 2 is 2.20 bits per heavy atom. The molecule has 108 valence electrons. The van der Waals surface area contributed by atoms with Crippen LogP contribution in [0.3, 0.4) is 0 Å². The fourth-order valence-corrected chi connectivity index (χ4v) is 2.59. The summed E-state index contributed by atoms with van der Waals surface area (Å²) in [5, 5.41) is 22.6. The monoisotopic (exact) mass is 302 g/mol. The molecule has 6 nitrogen and oxygen atoms in total. The van der Waals surface area contributed by atoms with Crippen molar-refractivity contribution in [2.75, 3.05) is 5.32 Å². The van der Waals surface area contributed by atoms with Crippen molar-refractivity contribution < 1.29 is 19.2 Å². The zero-order chi connectivity index (χ0) is 14.9. The predicted molar refractivity (Wildman–Crippen MR) is 70.5 cm³/mol. The maximum Gasteiger partial charge on any atom is 0.308 e. The standard InChI is InChI=1S/C12H12ClFN2O4/c13-7-4-10(11(16(19)20)5-8(7)14)15-9-3-1-2-6(9)12(17)18/h4-6,9,15H,1-3H2,(H,17,18). The Hall–Kier alpha value is -1.89. The lowest BCUT2D eigenvalue weighted by molar-refractivity contribution is -0.384. The van der Waals surface area contributed by atoms with Gasteiger partial charge in [0.1, 0.15) is 11.5 Å². The summed E-state index contributed by atoms with van der Waals surface area (Å²) >= 11 is 5.62. The van der Waals surface area contributed by atoms with Crippen LogP contribution < -0.4 is 5.32 Å². The minimum atomic E-state index is -0.948. The third kappa shape index (κ3) is 2.82. The van der Waals surface area contributed by atoms with E-state index in [1.165, 1.54) is 0 Å². The van der Waals surface area contributed by atoms with E-state index in [1.54, 1.807) is 0 Å². The maximum atomic E-state index is 13.3. The van der Waals surface area contributed by atoms with E-state index >= 15 is 0 Å². The van der Waals surface area contributed by atoms with Gasteiger partial charge in [-0.1, -0.05) is 18.0 Å². The van der Waals surface area contributed by atoms with Crippen LogP contribution in [0.5, 0.6) is 0 Å². The van der Waals surface area contributed by atoms with Crippen LogP contribution in [-0.4, -0.2) is 22.0 Å². The molecule has 1 aromatic rings. The van der Waals surface area contributed by atoms with Crippen molar-refractivity contribution >= 4 is 28.9 Å². The molecular weight excluding hydrogens is 291 g/mol. The molecule has 1 aromatic carbocycles. The maximum absolute atomic E-state index is 13.3. The number of nitrogens with one attached hydrogen (secondary N) is 1. The van der Waals surface area contributed by atoms with Gasteiger partial charge in [0, 0.05) is 6.04 Å². The number of nitro benzene ring substituents is 1. The number of carbonyl (C=O) groups is 1. The van der Waals surface area contributed by atoms with Crippen molar-refractivity contribution in [2.24, 2.45) is 5.92 Å². The number of hydrogen-bond acceptors (Lipinski definition) is 4. The van der Waals surface area contributed by atoms with Crippen molar-refractivity contribution in [3.63, 3.8) is 0 Å². The number of rotatable bonds is 4. The van der Waals surface area contributed by atoms with Gasteiger partial charge in [-0.3, -0.25) is 14.9 Å². The number of halogens is 2. The lowest BCUT2D eigenvalue weighted by Gasteiger charge is -2.19. The summed E-state index contributed by atoms with van der Waals surface area (Å²) in [5.41, 5.74) is -0.414. The van der Waals surface area contributed by atoms with Crippen LogP contribution in [-0.2, 0) is 4.79 Å². The highest BCUT2D eigenvalue weighted by Crippen LogP contribution is 2.35. The Kier molecular flexibility index (Phi) is 4.08. The van der Waals surface area contributed by atoms with Gasteiger partial charge < -0.3 is 10.4 Å². The SMILES string of the molecule is O=C(O)C1CCCC1Nc1cc(Cl)c(F)cc1[N+](=O)[O-]. The normalized spacial score (nSPS) is 21.7. The molecule has 2 N–H and O–H groups in total. The van der Waals surface area contributed by atoms with Gasteiger partial charge in [-0.25, -0.2) is 4.39 Å². The molecule has 2 unspecified atom stereocenters. The molecule has 1 saturated carbocycles. The Labute approximate surface area is 118 Å². The van der Waals surface area contributed by atoms with E-state index in [2.05, 4.69) is 5.32 Å². The Morgan fingerprint density at radius 1 is 1.50 bits per heavy atom. The molecule has 0 amide bonds. The fourth-order valence-electron chi connectivity index (χ4n) is 2.43. The van der Waals surface area contributed by atoms with Crippen LogP contribution in [0.1, 0.15) is 19.3 Å². The van der Waals surface area contributed by atoms with Gasteiger partial charge in [-0.2, -0.15) is 0 Å². The molecule has 1 aliphatic rings. The minimum absolute atomic E-state index is 0.0413. The second kappa shape index (κ2) is 5.62. The number of carboxylic acids is 1. The summed E-state index contributed by atoms with van der Waals surface area (Å²) in [4.78, 5) is 21.3. The van der Waals surface area contributed by atoms with E-state index in [9.17, 15) is 19.3 Å². The first-order valence-electron chi connectivity index (χ1n) is 6.03. The Morgan fingerprint density at radius 3 is 2.80 bits per heavy atom. The van der Waals surface area contributed by atoms with Gasteiger partial charge in [0.2, 0.25) is 0 Å². The van der Waals surface area contributed by atoms with E-state index in [1.807, 2.05) is 0 Å². The van der Waals surface area contributed by atoms with Crippen molar-refractivity contribution in [1.82, 2.24) is 0 Å². The number of nitrogens with zero attached hydrogens (tertiary/aromatic N) is 1. The largest absolute Gasteiger partial charge is 0.481 e. The van der Waals surface area contributed by atoms with Crippen molar-refractivity contribution in [2.45, 2.75) is 25.3 Å². The summed E-state index contributed by atoms with van der Waals surface area (Å²) in [6.07, 6.45) is 1.82. The second-order valence-corrected chi connectivity index (χ2v) is 5.07.